The zero-order chi connectivity index (χ0) is 17.0. The Bertz CT molecular complexity index is 582. The molecular weight excluding hydrogens is 294 g/mol. The molecular formula is C18H25NO4. The molecule has 1 heterocycles. The molecule has 0 saturated heterocycles. The molecule has 23 heavy (non-hydrogen) atoms. The van der Waals surface area contributed by atoms with Gasteiger partial charge in [0.05, 0.1) is 6.61 Å². The molecule has 2 unspecified atom stereocenters. The molecule has 2 atom stereocenters. The van der Waals surface area contributed by atoms with E-state index in [1.54, 1.807) is 12.1 Å². The number of benzene rings is 1. The van der Waals surface area contributed by atoms with Gasteiger partial charge in [0.2, 0.25) is 5.91 Å². The second-order valence-corrected chi connectivity index (χ2v) is 6.74. The summed E-state index contributed by atoms with van der Waals surface area (Å²) in [6, 6.07) is 4.29. The SMILES string of the molecule is CC(C)CC(C)CC(=O)NC(C(=O)O)c1ccc2c(c1)CCO2. The molecule has 0 fully saturated rings. The zero-order valence-corrected chi connectivity index (χ0v) is 14.0. The van der Waals surface area contributed by atoms with E-state index in [0.29, 0.717) is 24.5 Å². The van der Waals surface area contributed by atoms with Gasteiger partial charge in [-0.1, -0.05) is 26.8 Å². The van der Waals surface area contributed by atoms with Crippen LogP contribution in [0.4, 0.5) is 0 Å². The smallest absolute Gasteiger partial charge is 0.330 e. The minimum atomic E-state index is -1.05. The van der Waals surface area contributed by atoms with Crippen molar-refractivity contribution in [3.05, 3.63) is 29.3 Å². The van der Waals surface area contributed by atoms with Gasteiger partial charge in [0.1, 0.15) is 5.75 Å². The summed E-state index contributed by atoms with van der Waals surface area (Å²) in [5.74, 6) is 0.286. The van der Waals surface area contributed by atoms with Gasteiger partial charge in [-0.25, -0.2) is 4.79 Å². The lowest BCUT2D eigenvalue weighted by molar-refractivity contribution is -0.142. The number of hydrogen-bond acceptors (Lipinski definition) is 3. The van der Waals surface area contributed by atoms with Crippen LogP contribution in [0.15, 0.2) is 18.2 Å². The third kappa shape index (κ3) is 4.71. The Morgan fingerprint density at radius 3 is 2.70 bits per heavy atom. The van der Waals surface area contributed by atoms with Gasteiger partial charge in [0.15, 0.2) is 6.04 Å². The van der Waals surface area contributed by atoms with E-state index in [9.17, 15) is 14.7 Å². The molecule has 2 rings (SSSR count). The molecule has 0 saturated carbocycles. The van der Waals surface area contributed by atoms with E-state index in [2.05, 4.69) is 19.2 Å². The molecule has 1 amide bonds. The van der Waals surface area contributed by atoms with Crippen molar-refractivity contribution >= 4 is 11.9 Å². The van der Waals surface area contributed by atoms with Crippen molar-refractivity contribution in [1.29, 1.82) is 0 Å². The van der Waals surface area contributed by atoms with Crippen LogP contribution in [0.2, 0.25) is 0 Å². The summed E-state index contributed by atoms with van der Waals surface area (Å²) < 4.78 is 5.43. The Hall–Kier alpha value is -2.04. The first-order chi connectivity index (χ1) is 10.9. The van der Waals surface area contributed by atoms with Crippen molar-refractivity contribution in [2.24, 2.45) is 11.8 Å². The van der Waals surface area contributed by atoms with E-state index < -0.39 is 12.0 Å². The van der Waals surface area contributed by atoms with Crippen molar-refractivity contribution in [1.82, 2.24) is 5.32 Å². The highest BCUT2D eigenvalue weighted by Gasteiger charge is 2.25. The van der Waals surface area contributed by atoms with E-state index in [-0.39, 0.29) is 11.8 Å². The van der Waals surface area contributed by atoms with E-state index in [4.69, 9.17) is 4.74 Å². The van der Waals surface area contributed by atoms with Gasteiger partial charge < -0.3 is 15.2 Å². The fourth-order valence-electron chi connectivity index (χ4n) is 3.10. The third-order valence-corrected chi connectivity index (χ3v) is 4.01. The first-order valence-corrected chi connectivity index (χ1v) is 8.14. The van der Waals surface area contributed by atoms with E-state index >= 15 is 0 Å². The first-order valence-electron chi connectivity index (χ1n) is 8.14. The minimum absolute atomic E-state index is 0.220. The molecule has 1 aliphatic heterocycles. The number of carboxylic acid groups (broad SMARTS) is 1. The molecule has 0 bridgehead atoms. The highest BCUT2D eigenvalue weighted by atomic mass is 16.5. The summed E-state index contributed by atoms with van der Waals surface area (Å²) in [6.07, 6.45) is 2.06. The molecule has 0 radical (unpaired) electrons. The van der Waals surface area contributed by atoms with Gasteiger partial charge >= 0.3 is 5.97 Å². The number of carbonyl (C=O) groups excluding carboxylic acids is 1. The number of ether oxygens (including phenoxy) is 1. The molecule has 5 heteroatoms. The monoisotopic (exact) mass is 319 g/mol. The standard InChI is InChI=1S/C18H25NO4/c1-11(2)8-12(3)9-16(20)19-17(18(21)22)14-4-5-15-13(10-14)6-7-23-15/h4-5,10-12,17H,6-9H2,1-3H3,(H,19,20)(H,21,22). The van der Waals surface area contributed by atoms with E-state index in [1.165, 1.54) is 0 Å². The lowest BCUT2D eigenvalue weighted by Crippen LogP contribution is -2.34. The molecule has 0 aliphatic carbocycles. The summed E-state index contributed by atoms with van der Waals surface area (Å²) in [4.78, 5) is 23.7. The number of amides is 1. The molecule has 0 aromatic heterocycles. The van der Waals surface area contributed by atoms with Gasteiger partial charge in [-0.15, -0.1) is 0 Å². The Kier molecular flexibility index (Phi) is 5.64. The van der Waals surface area contributed by atoms with Crippen LogP contribution in [-0.2, 0) is 16.0 Å². The summed E-state index contributed by atoms with van der Waals surface area (Å²) in [6.45, 7) is 6.86. The van der Waals surface area contributed by atoms with E-state index in [1.807, 2.05) is 13.0 Å². The number of nitrogens with one attached hydrogen (secondary N) is 1. The predicted octanol–water partition coefficient (Wildman–Crippen LogP) is 2.94. The number of aliphatic carboxylic acids is 1. The maximum absolute atomic E-state index is 12.2. The van der Waals surface area contributed by atoms with E-state index in [0.717, 1.165) is 24.2 Å². The summed E-state index contributed by atoms with van der Waals surface area (Å²) >= 11 is 0. The molecule has 5 nitrogen and oxygen atoms in total. The van der Waals surface area contributed by atoms with Gasteiger partial charge in [-0.3, -0.25) is 4.79 Å². The van der Waals surface area contributed by atoms with Crippen LogP contribution in [-0.4, -0.2) is 23.6 Å². The molecule has 2 N–H and O–H groups in total. The van der Waals surface area contributed by atoms with Crippen molar-refractivity contribution in [3.8, 4) is 5.75 Å². The Labute approximate surface area is 137 Å². The lowest BCUT2D eigenvalue weighted by atomic mass is 9.95. The van der Waals surface area contributed by atoms with Crippen LogP contribution in [0.25, 0.3) is 0 Å². The average Bonchev–Trinajstić information content (AvgIpc) is 2.90. The van der Waals surface area contributed by atoms with Crippen LogP contribution in [0.5, 0.6) is 5.75 Å². The van der Waals surface area contributed by atoms with Crippen LogP contribution >= 0.6 is 0 Å². The highest BCUT2D eigenvalue weighted by molar-refractivity contribution is 5.84. The number of hydrogen-bond donors (Lipinski definition) is 2. The number of carboxylic acids is 1. The van der Waals surface area contributed by atoms with Crippen LogP contribution in [0.3, 0.4) is 0 Å². The number of rotatable bonds is 7. The predicted molar refractivity (Wildman–Crippen MR) is 87.4 cm³/mol. The maximum atomic E-state index is 12.2. The summed E-state index contributed by atoms with van der Waals surface area (Å²) in [5, 5.41) is 12.1. The number of fused-ring (bicyclic) bond motifs is 1. The van der Waals surface area contributed by atoms with Gasteiger partial charge in [0, 0.05) is 12.8 Å². The normalized spacial score (nSPS) is 15.7. The van der Waals surface area contributed by atoms with Gasteiger partial charge in [-0.05, 0) is 41.5 Å². The Balaban J connectivity index is 2.04. The van der Waals surface area contributed by atoms with Crippen molar-refractivity contribution < 1.29 is 19.4 Å². The largest absolute Gasteiger partial charge is 0.493 e. The molecule has 1 aliphatic rings. The summed E-state index contributed by atoms with van der Waals surface area (Å²) in [5.41, 5.74) is 1.59. The van der Waals surface area contributed by atoms with Gasteiger partial charge in [0.25, 0.3) is 0 Å². The molecule has 1 aromatic rings. The van der Waals surface area contributed by atoms with Crippen LogP contribution in [0, 0.1) is 11.8 Å². The fraction of sp³-hybridized carbons (Fsp3) is 0.556. The average molecular weight is 319 g/mol. The second-order valence-electron chi connectivity index (χ2n) is 6.74. The lowest BCUT2D eigenvalue weighted by Gasteiger charge is -2.18. The maximum Gasteiger partial charge on any atom is 0.330 e. The van der Waals surface area contributed by atoms with Crippen LogP contribution in [0.1, 0.15) is 50.8 Å². The topological polar surface area (TPSA) is 75.6 Å². The van der Waals surface area contributed by atoms with Crippen molar-refractivity contribution in [3.63, 3.8) is 0 Å². The Morgan fingerprint density at radius 2 is 2.04 bits per heavy atom. The molecule has 126 valence electrons. The van der Waals surface area contributed by atoms with Crippen molar-refractivity contribution in [2.45, 2.75) is 46.1 Å². The molecule has 1 aromatic carbocycles. The quantitative estimate of drug-likeness (QED) is 0.810. The molecule has 0 spiro atoms. The first kappa shape index (κ1) is 17.3. The minimum Gasteiger partial charge on any atom is -0.493 e. The Morgan fingerprint density at radius 1 is 1.30 bits per heavy atom. The highest BCUT2D eigenvalue weighted by Crippen LogP contribution is 2.28. The zero-order valence-electron chi connectivity index (χ0n) is 14.0. The second kappa shape index (κ2) is 7.49. The van der Waals surface area contributed by atoms with Crippen LogP contribution < -0.4 is 10.1 Å². The third-order valence-electron chi connectivity index (χ3n) is 4.01. The van der Waals surface area contributed by atoms with Gasteiger partial charge in [-0.2, -0.15) is 0 Å². The fourth-order valence-corrected chi connectivity index (χ4v) is 3.10. The number of carbonyl (C=O) groups is 2. The summed E-state index contributed by atoms with van der Waals surface area (Å²) in [7, 11) is 0. The van der Waals surface area contributed by atoms with Crippen molar-refractivity contribution in [2.75, 3.05) is 6.61 Å².